The highest BCUT2D eigenvalue weighted by molar-refractivity contribution is 6.09. The minimum absolute atomic E-state index is 0.327. The quantitative estimate of drug-likeness (QED) is 0.638. The van der Waals surface area contributed by atoms with Crippen LogP contribution in [-0.4, -0.2) is 5.91 Å². The van der Waals surface area contributed by atoms with Crippen LogP contribution in [0.3, 0.4) is 0 Å². The number of hydrogen-bond acceptors (Lipinski definition) is 3. The molecule has 66 valence electrons. The summed E-state index contributed by atoms with van der Waals surface area (Å²) in [6, 6.07) is 5.19. The second kappa shape index (κ2) is 2.52. The van der Waals surface area contributed by atoms with Crippen molar-refractivity contribution in [1.29, 1.82) is 0 Å². The molecular formula is C9H8N2O2. The Kier molecular flexibility index (Phi) is 1.48. The van der Waals surface area contributed by atoms with Crippen LogP contribution in [0.25, 0.3) is 11.0 Å². The van der Waals surface area contributed by atoms with Crippen molar-refractivity contribution in [2.75, 3.05) is 5.73 Å². The lowest BCUT2D eigenvalue weighted by Gasteiger charge is -1.95. The molecule has 4 heteroatoms. The number of primary amides is 1. The molecule has 4 N–H and O–H groups in total. The number of nitrogens with two attached hydrogens (primary N) is 2. The second-order valence-corrected chi connectivity index (χ2v) is 2.73. The van der Waals surface area contributed by atoms with Gasteiger partial charge in [0.1, 0.15) is 11.8 Å². The lowest BCUT2D eigenvalue weighted by Crippen LogP contribution is -2.10. The Labute approximate surface area is 74.1 Å². The maximum absolute atomic E-state index is 10.9. The van der Waals surface area contributed by atoms with Crippen molar-refractivity contribution < 1.29 is 9.21 Å². The highest BCUT2D eigenvalue weighted by atomic mass is 16.3. The minimum Gasteiger partial charge on any atom is -0.463 e. The Morgan fingerprint density at radius 3 is 2.85 bits per heavy atom. The van der Waals surface area contributed by atoms with Crippen LogP contribution in [0.4, 0.5) is 5.69 Å². The first-order chi connectivity index (χ1) is 6.20. The summed E-state index contributed by atoms with van der Waals surface area (Å²) in [6.07, 6.45) is 1.32. The molecule has 1 aromatic heterocycles. The third kappa shape index (κ3) is 1.03. The van der Waals surface area contributed by atoms with E-state index in [1.807, 2.05) is 0 Å². The molecule has 2 aromatic rings. The van der Waals surface area contributed by atoms with Gasteiger partial charge in [-0.15, -0.1) is 0 Å². The SMILES string of the molecule is NC(=O)c1coc2cccc(N)c12. The molecular weight excluding hydrogens is 168 g/mol. The Morgan fingerprint density at radius 2 is 2.15 bits per heavy atom. The van der Waals surface area contributed by atoms with E-state index in [1.165, 1.54) is 6.26 Å². The van der Waals surface area contributed by atoms with Gasteiger partial charge in [0.15, 0.2) is 0 Å². The Balaban J connectivity index is 2.86. The van der Waals surface area contributed by atoms with Gasteiger partial charge in [-0.05, 0) is 12.1 Å². The Morgan fingerprint density at radius 1 is 1.38 bits per heavy atom. The molecule has 1 amide bonds. The van der Waals surface area contributed by atoms with Crippen LogP contribution in [0.15, 0.2) is 28.9 Å². The predicted octanol–water partition coefficient (Wildman–Crippen LogP) is 1.11. The van der Waals surface area contributed by atoms with E-state index in [1.54, 1.807) is 18.2 Å². The zero-order valence-corrected chi connectivity index (χ0v) is 6.78. The fraction of sp³-hybridized carbons (Fsp3) is 0. The van der Waals surface area contributed by atoms with Crippen LogP contribution in [0.1, 0.15) is 10.4 Å². The van der Waals surface area contributed by atoms with E-state index in [4.69, 9.17) is 15.9 Å². The van der Waals surface area contributed by atoms with E-state index in [2.05, 4.69) is 0 Å². The maximum Gasteiger partial charge on any atom is 0.252 e. The molecule has 1 heterocycles. The Hall–Kier alpha value is -1.97. The van der Waals surface area contributed by atoms with E-state index < -0.39 is 5.91 Å². The zero-order chi connectivity index (χ0) is 9.42. The average Bonchev–Trinajstić information content (AvgIpc) is 2.49. The standard InChI is InChI=1S/C9H8N2O2/c10-6-2-1-3-7-8(6)5(4-13-7)9(11)12/h1-4H,10H2,(H2,11,12). The number of carbonyl (C=O) groups excluding carboxylic acids is 1. The molecule has 0 spiro atoms. The van der Waals surface area contributed by atoms with Crippen molar-refractivity contribution in [2.45, 2.75) is 0 Å². The average molecular weight is 176 g/mol. The largest absolute Gasteiger partial charge is 0.463 e. The van der Waals surface area contributed by atoms with Gasteiger partial charge in [0, 0.05) is 5.69 Å². The molecule has 0 bridgehead atoms. The van der Waals surface area contributed by atoms with Crippen molar-refractivity contribution in [3.63, 3.8) is 0 Å². The summed E-state index contributed by atoms with van der Waals surface area (Å²) in [6.45, 7) is 0. The van der Waals surface area contributed by atoms with Gasteiger partial charge in [0.25, 0.3) is 5.91 Å². The maximum atomic E-state index is 10.9. The Bertz CT molecular complexity index is 473. The summed E-state index contributed by atoms with van der Waals surface area (Å²) in [5, 5.41) is 0.593. The van der Waals surface area contributed by atoms with Crippen LogP contribution in [-0.2, 0) is 0 Å². The molecule has 0 unspecified atom stereocenters. The van der Waals surface area contributed by atoms with Gasteiger partial charge in [-0.2, -0.15) is 0 Å². The number of anilines is 1. The summed E-state index contributed by atoms with van der Waals surface area (Å²) >= 11 is 0. The van der Waals surface area contributed by atoms with Crippen molar-refractivity contribution in [3.05, 3.63) is 30.0 Å². The number of rotatable bonds is 1. The summed E-state index contributed by atoms with van der Waals surface area (Å²) < 4.78 is 5.11. The predicted molar refractivity (Wildman–Crippen MR) is 49.1 cm³/mol. The van der Waals surface area contributed by atoms with E-state index in [0.29, 0.717) is 22.2 Å². The van der Waals surface area contributed by atoms with Crippen molar-refractivity contribution in [3.8, 4) is 0 Å². The van der Waals surface area contributed by atoms with Crippen LogP contribution in [0.2, 0.25) is 0 Å². The monoisotopic (exact) mass is 176 g/mol. The molecule has 0 saturated carbocycles. The molecule has 2 rings (SSSR count). The highest BCUT2D eigenvalue weighted by Crippen LogP contribution is 2.25. The lowest BCUT2D eigenvalue weighted by molar-refractivity contribution is 0.100. The number of amides is 1. The summed E-state index contributed by atoms with van der Waals surface area (Å²) in [5.41, 5.74) is 12.2. The van der Waals surface area contributed by atoms with Crippen molar-refractivity contribution in [1.82, 2.24) is 0 Å². The highest BCUT2D eigenvalue weighted by Gasteiger charge is 2.12. The first-order valence-corrected chi connectivity index (χ1v) is 3.75. The van der Waals surface area contributed by atoms with Crippen molar-refractivity contribution >= 4 is 22.6 Å². The van der Waals surface area contributed by atoms with Crippen LogP contribution in [0.5, 0.6) is 0 Å². The van der Waals surface area contributed by atoms with E-state index in [-0.39, 0.29) is 0 Å². The van der Waals surface area contributed by atoms with Gasteiger partial charge in [-0.25, -0.2) is 0 Å². The van der Waals surface area contributed by atoms with Gasteiger partial charge >= 0.3 is 0 Å². The van der Waals surface area contributed by atoms with Crippen molar-refractivity contribution in [2.24, 2.45) is 5.73 Å². The molecule has 0 atom stereocenters. The number of furan rings is 1. The number of benzene rings is 1. The fourth-order valence-electron chi connectivity index (χ4n) is 1.30. The number of hydrogen-bond donors (Lipinski definition) is 2. The van der Waals surface area contributed by atoms with Gasteiger partial charge in [-0.3, -0.25) is 4.79 Å². The molecule has 13 heavy (non-hydrogen) atoms. The number of fused-ring (bicyclic) bond motifs is 1. The smallest absolute Gasteiger partial charge is 0.252 e. The van der Waals surface area contributed by atoms with Gasteiger partial charge in [-0.1, -0.05) is 6.07 Å². The molecule has 0 fully saturated rings. The molecule has 0 saturated heterocycles. The topological polar surface area (TPSA) is 82.2 Å². The molecule has 0 aliphatic rings. The van der Waals surface area contributed by atoms with E-state index in [0.717, 1.165) is 0 Å². The fourth-order valence-corrected chi connectivity index (χ4v) is 1.30. The van der Waals surface area contributed by atoms with Gasteiger partial charge in [0.2, 0.25) is 0 Å². The number of nitrogen functional groups attached to an aromatic ring is 1. The molecule has 0 radical (unpaired) electrons. The minimum atomic E-state index is -0.531. The third-order valence-electron chi connectivity index (χ3n) is 1.90. The summed E-state index contributed by atoms with van der Waals surface area (Å²) in [5.74, 6) is -0.531. The molecule has 0 aliphatic carbocycles. The van der Waals surface area contributed by atoms with E-state index in [9.17, 15) is 4.79 Å². The molecule has 1 aromatic carbocycles. The normalized spacial score (nSPS) is 10.5. The number of carbonyl (C=O) groups is 1. The second-order valence-electron chi connectivity index (χ2n) is 2.73. The summed E-state index contributed by atoms with van der Waals surface area (Å²) in [4.78, 5) is 10.9. The molecule has 4 nitrogen and oxygen atoms in total. The first kappa shape index (κ1) is 7.67. The van der Waals surface area contributed by atoms with Crippen LogP contribution >= 0.6 is 0 Å². The van der Waals surface area contributed by atoms with Gasteiger partial charge in [0.05, 0.1) is 10.9 Å². The van der Waals surface area contributed by atoms with Crippen LogP contribution in [0, 0.1) is 0 Å². The zero-order valence-electron chi connectivity index (χ0n) is 6.78. The van der Waals surface area contributed by atoms with E-state index >= 15 is 0 Å². The first-order valence-electron chi connectivity index (χ1n) is 3.75. The van der Waals surface area contributed by atoms with Gasteiger partial charge < -0.3 is 15.9 Å². The summed E-state index contributed by atoms with van der Waals surface area (Å²) in [7, 11) is 0. The lowest BCUT2D eigenvalue weighted by atomic mass is 10.1. The van der Waals surface area contributed by atoms with Crippen LogP contribution < -0.4 is 11.5 Å². The third-order valence-corrected chi connectivity index (χ3v) is 1.90. The molecule has 0 aliphatic heterocycles.